The highest BCUT2D eigenvalue weighted by molar-refractivity contribution is 7.86. The maximum absolute atomic E-state index is 11.8. The zero-order valence-corrected chi connectivity index (χ0v) is 15.1. The van der Waals surface area contributed by atoms with Gasteiger partial charge in [-0.2, -0.15) is 16.8 Å². The van der Waals surface area contributed by atoms with Gasteiger partial charge in [-0.25, -0.2) is 0 Å². The monoisotopic (exact) mass is 407 g/mol. The van der Waals surface area contributed by atoms with Crippen molar-refractivity contribution in [1.82, 2.24) is 0 Å². The van der Waals surface area contributed by atoms with E-state index in [4.69, 9.17) is 0 Å². The van der Waals surface area contributed by atoms with Gasteiger partial charge in [0, 0.05) is 17.2 Å². The van der Waals surface area contributed by atoms with Gasteiger partial charge >= 0.3 is 0 Å². The molecule has 0 aliphatic rings. The van der Waals surface area contributed by atoms with Crippen LogP contribution in [0.2, 0.25) is 0 Å². The van der Waals surface area contributed by atoms with Gasteiger partial charge in [0.2, 0.25) is 0 Å². The van der Waals surface area contributed by atoms with Crippen molar-refractivity contribution < 1.29 is 31.0 Å². The van der Waals surface area contributed by atoms with Crippen LogP contribution in [0.5, 0.6) is 5.75 Å². The Kier molecular flexibility index (Phi) is 4.74. The van der Waals surface area contributed by atoms with Crippen molar-refractivity contribution in [2.75, 3.05) is 0 Å². The minimum atomic E-state index is -4.82. The summed E-state index contributed by atoms with van der Waals surface area (Å²) in [5, 5.41) is 9.89. The normalized spacial score (nSPS) is 12.7. The van der Waals surface area contributed by atoms with Crippen LogP contribution in [0, 0.1) is 0 Å². The van der Waals surface area contributed by atoms with E-state index < -0.39 is 30.0 Å². The summed E-state index contributed by atoms with van der Waals surface area (Å²) in [6.45, 7) is 0. The Bertz CT molecular complexity index is 1280. The summed E-state index contributed by atoms with van der Waals surface area (Å²) in [7, 11) is -9.52. The summed E-state index contributed by atoms with van der Waals surface area (Å²) in [6.07, 6.45) is 1.30. The molecule has 0 spiro atoms. The van der Waals surface area contributed by atoms with Crippen LogP contribution in [0.4, 0.5) is 5.69 Å². The molecule has 0 fully saturated rings. The minimum Gasteiger partial charge on any atom is -0.507 e. The van der Waals surface area contributed by atoms with Crippen LogP contribution in [-0.2, 0) is 20.2 Å². The Balaban J connectivity index is 2.31. The number of hydrogen-bond donors (Lipinski definition) is 3. The van der Waals surface area contributed by atoms with Crippen molar-refractivity contribution in [3.63, 3.8) is 0 Å². The SMILES string of the molecule is O=S(=O)(O)c1cc(S(=O)(=O)O)c2c(/N=C/c3ccccc3O)cccc2c1. The topological polar surface area (TPSA) is 141 Å². The molecule has 0 aliphatic carbocycles. The average molecular weight is 407 g/mol. The van der Waals surface area contributed by atoms with Crippen LogP contribution in [0.25, 0.3) is 10.8 Å². The highest BCUT2D eigenvalue weighted by Gasteiger charge is 2.22. The van der Waals surface area contributed by atoms with Gasteiger partial charge in [-0.3, -0.25) is 14.1 Å². The van der Waals surface area contributed by atoms with Crippen LogP contribution in [0.3, 0.4) is 0 Å². The number of phenolic OH excluding ortho intramolecular Hbond substituents is 1. The summed E-state index contributed by atoms with van der Waals surface area (Å²) in [5.74, 6) is -0.0369. The number of phenols is 1. The van der Waals surface area contributed by atoms with E-state index in [0.29, 0.717) is 11.6 Å². The van der Waals surface area contributed by atoms with Gasteiger partial charge in [-0.15, -0.1) is 0 Å². The molecule has 0 aliphatic heterocycles. The molecule has 3 N–H and O–H groups in total. The zero-order chi connectivity index (χ0) is 19.8. The van der Waals surface area contributed by atoms with E-state index in [1.807, 2.05) is 0 Å². The summed E-state index contributed by atoms with van der Waals surface area (Å²) >= 11 is 0. The van der Waals surface area contributed by atoms with E-state index >= 15 is 0 Å². The lowest BCUT2D eigenvalue weighted by molar-refractivity contribution is 0.474. The smallest absolute Gasteiger partial charge is 0.295 e. The highest BCUT2D eigenvalue weighted by Crippen LogP contribution is 2.34. The molecule has 140 valence electrons. The van der Waals surface area contributed by atoms with Crippen LogP contribution >= 0.6 is 0 Å². The van der Waals surface area contributed by atoms with Crippen molar-refractivity contribution in [3.05, 3.63) is 60.2 Å². The Morgan fingerprint density at radius 1 is 0.852 bits per heavy atom. The quantitative estimate of drug-likeness (QED) is 0.446. The van der Waals surface area contributed by atoms with Gasteiger partial charge in [-0.05, 0) is 35.7 Å². The standard InChI is InChI=1S/C17H13NO7S2/c19-15-7-2-1-4-12(15)10-18-14-6-3-5-11-8-13(26(20,21)22)9-16(17(11)14)27(23,24)25/h1-10,19H,(H,20,21,22)(H,23,24,25)/b18-10+. The van der Waals surface area contributed by atoms with Gasteiger partial charge < -0.3 is 5.11 Å². The highest BCUT2D eigenvalue weighted by atomic mass is 32.2. The van der Waals surface area contributed by atoms with Crippen molar-refractivity contribution >= 4 is 42.9 Å². The molecule has 27 heavy (non-hydrogen) atoms. The second-order valence-corrected chi connectivity index (χ2v) is 8.38. The van der Waals surface area contributed by atoms with Gasteiger partial charge in [-0.1, -0.05) is 24.3 Å². The number of aliphatic imine (C=N–C) groups is 1. The van der Waals surface area contributed by atoms with Crippen LogP contribution in [0.1, 0.15) is 5.56 Å². The van der Waals surface area contributed by atoms with Crippen LogP contribution < -0.4 is 0 Å². The molecule has 0 radical (unpaired) electrons. The summed E-state index contributed by atoms with van der Waals surface area (Å²) in [6, 6.07) is 12.4. The van der Waals surface area contributed by atoms with Gasteiger partial charge in [0.05, 0.1) is 10.6 Å². The molecule has 0 saturated carbocycles. The van der Waals surface area contributed by atoms with E-state index in [1.54, 1.807) is 18.2 Å². The molecule has 0 aromatic heterocycles. The second kappa shape index (κ2) is 6.74. The third-order valence-corrected chi connectivity index (χ3v) is 5.46. The Hall–Kier alpha value is -2.79. The molecule has 8 nitrogen and oxygen atoms in total. The molecule has 3 aromatic rings. The number of hydrogen-bond acceptors (Lipinski definition) is 6. The number of fused-ring (bicyclic) bond motifs is 1. The number of benzene rings is 3. The summed E-state index contributed by atoms with van der Waals surface area (Å²) in [4.78, 5) is 2.77. The van der Waals surface area contributed by atoms with E-state index in [9.17, 15) is 31.0 Å². The third-order valence-electron chi connectivity index (χ3n) is 3.75. The van der Waals surface area contributed by atoms with Crippen molar-refractivity contribution in [2.24, 2.45) is 4.99 Å². The van der Waals surface area contributed by atoms with Crippen molar-refractivity contribution in [2.45, 2.75) is 9.79 Å². The molecular weight excluding hydrogens is 394 g/mol. The maximum Gasteiger partial charge on any atom is 0.295 e. The summed E-state index contributed by atoms with van der Waals surface area (Å²) in [5.41, 5.74) is 0.489. The van der Waals surface area contributed by atoms with E-state index in [0.717, 1.165) is 6.07 Å². The molecule has 3 aromatic carbocycles. The molecule has 10 heteroatoms. The fourth-order valence-electron chi connectivity index (χ4n) is 2.54. The molecular formula is C17H13NO7S2. The van der Waals surface area contributed by atoms with E-state index in [1.165, 1.54) is 30.5 Å². The Labute approximate surface area is 154 Å². The fraction of sp³-hybridized carbons (Fsp3) is 0. The predicted octanol–water partition coefficient (Wildman–Crippen LogP) is 2.79. The molecule has 0 unspecified atom stereocenters. The first-order valence-electron chi connectivity index (χ1n) is 7.41. The fourth-order valence-corrected chi connectivity index (χ4v) is 3.91. The molecule has 3 rings (SSSR count). The Morgan fingerprint density at radius 2 is 1.56 bits per heavy atom. The minimum absolute atomic E-state index is 0.0286. The van der Waals surface area contributed by atoms with Crippen LogP contribution in [0.15, 0.2) is 69.4 Å². The predicted molar refractivity (Wildman–Crippen MR) is 98.9 cm³/mol. The van der Waals surface area contributed by atoms with E-state index in [2.05, 4.69) is 4.99 Å². The largest absolute Gasteiger partial charge is 0.507 e. The molecule has 0 amide bonds. The summed E-state index contributed by atoms with van der Waals surface area (Å²) < 4.78 is 65.2. The number of nitrogens with zero attached hydrogens (tertiary/aromatic N) is 1. The lowest BCUT2D eigenvalue weighted by Gasteiger charge is -2.09. The number of aromatic hydroxyl groups is 1. The molecule has 0 bridgehead atoms. The molecule has 0 saturated heterocycles. The van der Waals surface area contributed by atoms with Crippen LogP contribution in [-0.4, -0.2) is 37.3 Å². The first-order chi connectivity index (χ1) is 12.6. The first-order valence-corrected chi connectivity index (χ1v) is 10.3. The maximum atomic E-state index is 11.8. The van der Waals surface area contributed by atoms with Gasteiger partial charge in [0.1, 0.15) is 10.6 Å². The van der Waals surface area contributed by atoms with Gasteiger partial charge in [0.15, 0.2) is 0 Å². The molecule has 0 atom stereocenters. The average Bonchev–Trinajstić information content (AvgIpc) is 2.58. The zero-order valence-electron chi connectivity index (χ0n) is 13.5. The third kappa shape index (κ3) is 3.98. The van der Waals surface area contributed by atoms with Gasteiger partial charge in [0.25, 0.3) is 20.2 Å². The lowest BCUT2D eigenvalue weighted by atomic mass is 10.1. The number of rotatable bonds is 4. The lowest BCUT2D eigenvalue weighted by Crippen LogP contribution is -2.04. The first kappa shape index (κ1) is 19.0. The van der Waals surface area contributed by atoms with Crippen molar-refractivity contribution in [1.29, 1.82) is 0 Å². The van der Waals surface area contributed by atoms with E-state index in [-0.39, 0.29) is 22.2 Å². The Morgan fingerprint density at radius 3 is 2.19 bits per heavy atom. The second-order valence-electron chi connectivity index (χ2n) is 5.56. The van der Waals surface area contributed by atoms with Crippen molar-refractivity contribution in [3.8, 4) is 5.75 Å². The molecule has 0 heterocycles. The number of para-hydroxylation sites is 1.